The number of nitrogens with zero attached hydrogens (tertiary/aromatic N) is 3. The Kier molecular flexibility index (Phi) is 4.51. The highest BCUT2D eigenvalue weighted by atomic mass is 35.5. The molecule has 0 spiro atoms. The van der Waals surface area contributed by atoms with Gasteiger partial charge in [-0.2, -0.15) is 0 Å². The summed E-state index contributed by atoms with van der Waals surface area (Å²) in [7, 11) is 1.83. The van der Waals surface area contributed by atoms with E-state index in [-0.39, 0.29) is 11.8 Å². The molecule has 1 aliphatic rings. The van der Waals surface area contributed by atoms with E-state index in [0.29, 0.717) is 36.9 Å². The van der Waals surface area contributed by atoms with Crippen molar-refractivity contribution in [2.75, 3.05) is 26.2 Å². The van der Waals surface area contributed by atoms with Crippen LogP contribution in [0.15, 0.2) is 24.3 Å². The van der Waals surface area contributed by atoms with Gasteiger partial charge in [0.15, 0.2) is 0 Å². The van der Waals surface area contributed by atoms with Crippen LogP contribution in [0.1, 0.15) is 17.4 Å². The fraction of sp³-hybridized carbons (Fsp3) is 0.412. The average molecular weight is 350 g/mol. The number of aromatic nitrogens is 1. The minimum atomic E-state index is -1.01. The van der Waals surface area contributed by atoms with Crippen LogP contribution in [0.2, 0.25) is 5.02 Å². The van der Waals surface area contributed by atoms with E-state index in [1.54, 1.807) is 9.80 Å². The number of carbonyl (C=O) groups is 2. The van der Waals surface area contributed by atoms with E-state index in [1.165, 1.54) is 6.92 Å². The van der Waals surface area contributed by atoms with E-state index in [2.05, 4.69) is 0 Å². The summed E-state index contributed by atoms with van der Waals surface area (Å²) < 4.78 is 1.81. The molecule has 1 fully saturated rings. The summed E-state index contributed by atoms with van der Waals surface area (Å²) in [6.45, 7) is 3.13. The van der Waals surface area contributed by atoms with Crippen molar-refractivity contribution in [3.63, 3.8) is 0 Å². The molecule has 1 aliphatic heterocycles. The molecule has 24 heavy (non-hydrogen) atoms. The van der Waals surface area contributed by atoms with Crippen LogP contribution in [-0.4, -0.2) is 63.6 Å². The predicted molar refractivity (Wildman–Crippen MR) is 92.1 cm³/mol. The lowest BCUT2D eigenvalue weighted by Crippen LogP contribution is -2.52. The Morgan fingerprint density at radius 2 is 1.71 bits per heavy atom. The first kappa shape index (κ1) is 16.8. The quantitative estimate of drug-likeness (QED) is 0.893. The molecule has 0 bridgehead atoms. The first-order valence-corrected chi connectivity index (χ1v) is 8.28. The zero-order valence-electron chi connectivity index (χ0n) is 13.7. The summed E-state index contributed by atoms with van der Waals surface area (Å²) in [4.78, 5) is 28.0. The Morgan fingerprint density at radius 3 is 2.29 bits per heavy atom. The highest BCUT2D eigenvalue weighted by Gasteiger charge is 2.29. The van der Waals surface area contributed by atoms with Crippen LogP contribution in [0, 0.1) is 0 Å². The maximum Gasteiger partial charge on any atom is 0.272 e. The number of aliphatic hydroxyl groups excluding tert-OH is 1. The van der Waals surface area contributed by atoms with Gasteiger partial charge >= 0.3 is 0 Å². The summed E-state index contributed by atoms with van der Waals surface area (Å²) in [6, 6.07) is 7.63. The Balaban J connectivity index is 1.81. The van der Waals surface area contributed by atoms with Crippen LogP contribution in [0.4, 0.5) is 0 Å². The highest BCUT2D eigenvalue weighted by Crippen LogP contribution is 2.30. The Bertz CT molecular complexity index is 753. The molecule has 1 unspecified atom stereocenters. The molecule has 7 heteroatoms. The second kappa shape index (κ2) is 6.45. The Labute approximate surface area is 145 Å². The molecule has 2 amide bonds. The van der Waals surface area contributed by atoms with Crippen molar-refractivity contribution in [3.05, 3.63) is 35.0 Å². The Hall–Kier alpha value is -2.05. The number of hydrogen-bond donors (Lipinski definition) is 1. The number of fused-ring (bicyclic) bond motifs is 1. The van der Waals surface area contributed by atoms with Gasteiger partial charge in [0.05, 0.1) is 5.02 Å². The summed E-state index contributed by atoms with van der Waals surface area (Å²) in [5.74, 6) is -0.437. The smallest absolute Gasteiger partial charge is 0.272 e. The molecular formula is C17H20ClN3O3. The zero-order chi connectivity index (χ0) is 17.4. The lowest BCUT2D eigenvalue weighted by Gasteiger charge is -2.35. The first-order valence-electron chi connectivity index (χ1n) is 7.91. The van der Waals surface area contributed by atoms with Crippen molar-refractivity contribution in [3.8, 4) is 0 Å². The van der Waals surface area contributed by atoms with Crippen molar-refractivity contribution in [1.29, 1.82) is 0 Å². The molecule has 2 heterocycles. The standard InChI is InChI=1S/C17H20ClN3O3/c1-11(22)16(23)20-7-9-21(10-8-20)17(24)15-14(18)12-5-3-4-6-13(12)19(15)2/h3-6,11,22H,7-10H2,1-2H3. The van der Waals surface area contributed by atoms with Gasteiger partial charge in [-0.15, -0.1) is 0 Å². The van der Waals surface area contributed by atoms with Crippen molar-refractivity contribution >= 4 is 34.3 Å². The van der Waals surface area contributed by atoms with Gasteiger partial charge in [-0.3, -0.25) is 9.59 Å². The lowest BCUT2D eigenvalue weighted by molar-refractivity contribution is -0.140. The average Bonchev–Trinajstić information content (AvgIpc) is 2.85. The molecule has 0 aliphatic carbocycles. The van der Waals surface area contributed by atoms with E-state index in [9.17, 15) is 14.7 Å². The Morgan fingerprint density at radius 1 is 1.12 bits per heavy atom. The molecule has 6 nitrogen and oxygen atoms in total. The molecule has 0 radical (unpaired) electrons. The van der Waals surface area contributed by atoms with E-state index in [0.717, 1.165) is 10.9 Å². The summed E-state index contributed by atoms with van der Waals surface area (Å²) in [6.07, 6.45) is -1.01. The summed E-state index contributed by atoms with van der Waals surface area (Å²) in [5, 5.41) is 10.7. The van der Waals surface area contributed by atoms with Gasteiger partial charge in [0, 0.05) is 44.1 Å². The third-order valence-electron chi connectivity index (χ3n) is 4.48. The fourth-order valence-corrected chi connectivity index (χ4v) is 3.50. The van der Waals surface area contributed by atoms with Gasteiger partial charge in [-0.25, -0.2) is 0 Å². The largest absolute Gasteiger partial charge is 0.384 e. The third-order valence-corrected chi connectivity index (χ3v) is 4.87. The van der Waals surface area contributed by atoms with Crippen LogP contribution >= 0.6 is 11.6 Å². The molecule has 1 N–H and O–H groups in total. The molecule has 2 aromatic rings. The minimum absolute atomic E-state index is 0.136. The van der Waals surface area contributed by atoms with Gasteiger partial charge in [-0.05, 0) is 13.0 Å². The monoisotopic (exact) mass is 349 g/mol. The molecule has 1 aromatic heterocycles. The molecular weight excluding hydrogens is 330 g/mol. The number of para-hydroxylation sites is 1. The van der Waals surface area contributed by atoms with Crippen molar-refractivity contribution in [2.24, 2.45) is 7.05 Å². The molecule has 1 aromatic carbocycles. The van der Waals surface area contributed by atoms with E-state index >= 15 is 0 Å². The lowest BCUT2D eigenvalue weighted by atomic mass is 10.2. The molecule has 1 saturated heterocycles. The van der Waals surface area contributed by atoms with Crippen molar-refractivity contribution in [1.82, 2.24) is 14.4 Å². The summed E-state index contributed by atoms with van der Waals surface area (Å²) in [5.41, 5.74) is 1.38. The number of rotatable bonds is 2. The first-order chi connectivity index (χ1) is 11.4. The van der Waals surface area contributed by atoms with E-state index in [1.807, 2.05) is 35.9 Å². The number of hydrogen-bond acceptors (Lipinski definition) is 3. The number of amides is 2. The molecule has 0 saturated carbocycles. The number of piperazine rings is 1. The van der Waals surface area contributed by atoms with E-state index < -0.39 is 6.10 Å². The van der Waals surface area contributed by atoms with Crippen LogP contribution in [0.3, 0.4) is 0 Å². The number of aryl methyl sites for hydroxylation is 1. The number of aliphatic hydroxyl groups is 1. The van der Waals surface area contributed by atoms with E-state index in [4.69, 9.17) is 11.6 Å². The van der Waals surface area contributed by atoms with Crippen molar-refractivity contribution in [2.45, 2.75) is 13.0 Å². The second-order valence-electron chi connectivity index (χ2n) is 6.03. The van der Waals surface area contributed by atoms with Gasteiger partial charge < -0.3 is 19.5 Å². The topological polar surface area (TPSA) is 65.8 Å². The molecule has 3 rings (SSSR count). The molecule has 128 valence electrons. The maximum absolute atomic E-state index is 12.9. The highest BCUT2D eigenvalue weighted by molar-refractivity contribution is 6.38. The number of halogens is 1. The predicted octanol–water partition coefficient (Wildman–Crippen LogP) is 1.50. The molecule has 1 atom stereocenters. The fourth-order valence-electron chi connectivity index (χ4n) is 3.13. The van der Waals surface area contributed by atoms with Gasteiger partial charge in [0.2, 0.25) is 0 Å². The van der Waals surface area contributed by atoms with Gasteiger partial charge in [-0.1, -0.05) is 29.8 Å². The SMILES string of the molecule is CC(O)C(=O)N1CCN(C(=O)c2c(Cl)c3ccccc3n2C)CC1. The van der Waals surface area contributed by atoms with Crippen LogP contribution in [0.25, 0.3) is 10.9 Å². The maximum atomic E-state index is 12.9. The van der Waals surface area contributed by atoms with Gasteiger partial charge in [0.25, 0.3) is 11.8 Å². The van der Waals surface area contributed by atoms with Gasteiger partial charge in [0.1, 0.15) is 11.8 Å². The normalized spacial score (nSPS) is 16.5. The minimum Gasteiger partial charge on any atom is -0.384 e. The third kappa shape index (κ3) is 2.76. The van der Waals surface area contributed by atoms with Crippen molar-refractivity contribution < 1.29 is 14.7 Å². The summed E-state index contributed by atoms with van der Waals surface area (Å²) >= 11 is 6.43. The second-order valence-corrected chi connectivity index (χ2v) is 6.41. The van der Waals surface area contributed by atoms with Crippen LogP contribution in [0.5, 0.6) is 0 Å². The number of carbonyl (C=O) groups excluding carboxylic acids is 2. The zero-order valence-corrected chi connectivity index (χ0v) is 14.5. The number of benzene rings is 1. The van der Waals surface area contributed by atoms with Crippen LogP contribution in [-0.2, 0) is 11.8 Å². The van der Waals surface area contributed by atoms with Crippen LogP contribution < -0.4 is 0 Å².